The summed E-state index contributed by atoms with van der Waals surface area (Å²) in [7, 11) is 0. The molecule has 1 aromatic carbocycles. The molecule has 0 saturated heterocycles. The van der Waals surface area contributed by atoms with E-state index in [9.17, 15) is 9.18 Å². The molecule has 0 spiro atoms. The summed E-state index contributed by atoms with van der Waals surface area (Å²) < 4.78 is 19.1. The van der Waals surface area contributed by atoms with E-state index in [0.29, 0.717) is 23.4 Å². The number of rotatable bonds is 8. The second kappa shape index (κ2) is 8.77. The van der Waals surface area contributed by atoms with Crippen molar-refractivity contribution in [2.75, 3.05) is 12.0 Å². The summed E-state index contributed by atoms with van der Waals surface area (Å²) in [5, 5.41) is 8.56. The fourth-order valence-electron chi connectivity index (χ4n) is 6.37. The van der Waals surface area contributed by atoms with Crippen LogP contribution in [0.25, 0.3) is 0 Å². The molecule has 0 aliphatic heterocycles. The standard InChI is InChI=1S/C23H28FN3O2S2/c1-30-13-20-25-26-22(29-20)31-14-21(28)27(12-15-2-4-19(24)5-3-15)23-9-16-6-17(10-23)8-18(7-16)11-23/h2-5,16-18H,6-14H2,1H3. The Morgan fingerprint density at radius 1 is 1.13 bits per heavy atom. The van der Waals surface area contributed by atoms with Gasteiger partial charge in [0.05, 0.1) is 11.5 Å². The maximum Gasteiger partial charge on any atom is 0.277 e. The van der Waals surface area contributed by atoms with Gasteiger partial charge < -0.3 is 9.32 Å². The van der Waals surface area contributed by atoms with Crippen molar-refractivity contribution in [2.24, 2.45) is 17.8 Å². The lowest BCUT2D eigenvalue weighted by Gasteiger charge is -2.60. The summed E-state index contributed by atoms with van der Waals surface area (Å²) in [6.45, 7) is 0.535. The maximum absolute atomic E-state index is 13.6. The van der Waals surface area contributed by atoms with Gasteiger partial charge >= 0.3 is 0 Å². The van der Waals surface area contributed by atoms with E-state index in [1.54, 1.807) is 23.9 Å². The van der Waals surface area contributed by atoms with Crippen LogP contribution in [0.5, 0.6) is 0 Å². The zero-order valence-electron chi connectivity index (χ0n) is 17.8. The normalized spacial score (nSPS) is 28.8. The van der Waals surface area contributed by atoms with Gasteiger partial charge in [-0.2, -0.15) is 11.8 Å². The average Bonchev–Trinajstić information content (AvgIpc) is 3.18. The van der Waals surface area contributed by atoms with Crippen LogP contribution in [0.3, 0.4) is 0 Å². The molecule has 6 rings (SSSR count). The molecule has 31 heavy (non-hydrogen) atoms. The molecule has 1 amide bonds. The number of hydrogen-bond acceptors (Lipinski definition) is 6. The number of aromatic nitrogens is 2. The Hall–Kier alpha value is -1.54. The Labute approximate surface area is 190 Å². The number of amides is 1. The van der Waals surface area contributed by atoms with Gasteiger partial charge in [-0.05, 0) is 80.2 Å². The van der Waals surface area contributed by atoms with Crippen LogP contribution in [0, 0.1) is 23.6 Å². The highest BCUT2D eigenvalue weighted by molar-refractivity contribution is 7.99. The molecule has 166 valence electrons. The smallest absolute Gasteiger partial charge is 0.277 e. The summed E-state index contributed by atoms with van der Waals surface area (Å²) in [6.07, 6.45) is 9.28. The molecular weight excluding hydrogens is 433 g/mol. The Balaban J connectivity index is 1.35. The monoisotopic (exact) mass is 461 g/mol. The van der Waals surface area contributed by atoms with Gasteiger partial charge in [0.15, 0.2) is 0 Å². The molecule has 0 radical (unpaired) electrons. The summed E-state index contributed by atoms with van der Waals surface area (Å²) in [4.78, 5) is 15.7. The number of carbonyl (C=O) groups excluding carboxylic acids is 1. The van der Waals surface area contributed by atoms with Crippen LogP contribution in [0.1, 0.15) is 50.0 Å². The first-order valence-corrected chi connectivity index (χ1v) is 13.4. The third kappa shape index (κ3) is 4.51. The lowest BCUT2D eigenvalue weighted by molar-refractivity contribution is -0.149. The van der Waals surface area contributed by atoms with Crippen LogP contribution in [0.4, 0.5) is 4.39 Å². The molecule has 4 aliphatic carbocycles. The minimum absolute atomic E-state index is 0.0559. The molecule has 4 bridgehead atoms. The summed E-state index contributed by atoms with van der Waals surface area (Å²) in [5.41, 5.74) is 0.926. The molecule has 4 fully saturated rings. The zero-order valence-corrected chi connectivity index (χ0v) is 19.4. The fourth-order valence-corrected chi connectivity index (χ4v) is 7.39. The van der Waals surface area contributed by atoms with Gasteiger partial charge in [-0.3, -0.25) is 4.79 Å². The third-order valence-corrected chi connectivity index (χ3v) is 8.51. The predicted molar refractivity (Wildman–Crippen MR) is 120 cm³/mol. The van der Waals surface area contributed by atoms with Crippen LogP contribution < -0.4 is 0 Å². The molecule has 4 saturated carbocycles. The largest absolute Gasteiger partial charge is 0.415 e. The molecule has 4 aliphatic rings. The van der Waals surface area contributed by atoms with Crippen LogP contribution >= 0.6 is 23.5 Å². The van der Waals surface area contributed by atoms with Crippen molar-refractivity contribution in [3.8, 4) is 0 Å². The SMILES string of the molecule is CSCc1nnc(SCC(=O)N(Cc2ccc(F)cc2)C23CC4CC(CC(C4)C2)C3)o1. The van der Waals surface area contributed by atoms with E-state index in [-0.39, 0.29) is 23.0 Å². The molecule has 2 aromatic rings. The Morgan fingerprint density at radius 3 is 2.39 bits per heavy atom. The van der Waals surface area contributed by atoms with E-state index < -0.39 is 0 Å². The topological polar surface area (TPSA) is 59.2 Å². The second-order valence-electron chi connectivity index (χ2n) is 9.43. The highest BCUT2D eigenvalue weighted by Crippen LogP contribution is 2.58. The van der Waals surface area contributed by atoms with Crippen molar-refractivity contribution in [1.29, 1.82) is 0 Å². The van der Waals surface area contributed by atoms with E-state index in [2.05, 4.69) is 15.1 Å². The van der Waals surface area contributed by atoms with Crippen LogP contribution in [0.2, 0.25) is 0 Å². The number of halogens is 1. The van der Waals surface area contributed by atoms with E-state index in [1.807, 2.05) is 6.26 Å². The molecule has 0 unspecified atom stereocenters. The van der Waals surface area contributed by atoms with Gasteiger partial charge in [-0.1, -0.05) is 23.9 Å². The molecule has 1 heterocycles. The van der Waals surface area contributed by atoms with Gasteiger partial charge in [0.2, 0.25) is 11.8 Å². The van der Waals surface area contributed by atoms with Crippen LogP contribution in [-0.2, 0) is 17.1 Å². The maximum atomic E-state index is 13.6. The number of carbonyl (C=O) groups is 1. The van der Waals surface area contributed by atoms with Crippen LogP contribution in [-0.4, -0.2) is 38.6 Å². The summed E-state index contributed by atoms with van der Waals surface area (Å²) >= 11 is 2.94. The van der Waals surface area contributed by atoms with Crippen molar-refractivity contribution in [2.45, 2.75) is 61.6 Å². The highest BCUT2D eigenvalue weighted by Gasteiger charge is 2.54. The van der Waals surface area contributed by atoms with Crippen LogP contribution in [0.15, 0.2) is 33.9 Å². The first-order valence-electron chi connectivity index (χ1n) is 11.0. The number of thioether (sulfide) groups is 2. The quantitative estimate of drug-likeness (QED) is 0.506. The fraction of sp³-hybridized carbons (Fsp3) is 0.609. The molecule has 0 atom stereocenters. The van der Waals surface area contributed by atoms with Gasteiger partial charge in [0, 0.05) is 12.1 Å². The van der Waals surface area contributed by atoms with Crippen molar-refractivity contribution in [3.63, 3.8) is 0 Å². The van der Waals surface area contributed by atoms with E-state index in [4.69, 9.17) is 4.42 Å². The third-order valence-electron chi connectivity index (χ3n) is 7.17. The molecular formula is C23H28FN3O2S2. The molecule has 0 N–H and O–H groups in total. The van der Waals surface area contributed by atoms with Gasteiger partial charge in [0.1, 0.15) is 5.82 Å². The van der Waals surface area contributed by atoms with Crippen molar-refractivity contribution >= 4 is 29.4 Å². The van der Waals surface area contributed by atoms with Crippen molar-refractivity contribution in [3.05, 3.63) is 41.5 Å². The first-order chi connectivity index (χ1) is 15.0. The number of benzene rings is 1. The van der Waals surface area contributed by atoms with Gasteiger partial charge in [-0.15, -0.1) is 10.2 Å². The number of hydrogen-bond donors (Lipinski definition) is 0. The van der Waals surface area contributed by atoms with E-state index in [1.165, 1.54) is 43.2 Å². The summed E-state index contributed by atoms with van der Waals surface area (Å²) in [5.74, 6) is 3.64. The highest BCUT2D eigenvalue weighted by atomic mass is 32.2. The Morgan fingerprint density at radius 2 is 1.77 bits per heavy atom. The first kappa shape index (κ1) is 21.3. The lowest BCUT2D eigenvalue weighted by atomic mass is 9.52. The van der Waals surface area contributed by atoms with Crippen molar-refractivity contribution in [1.82, 2.24) is 15.1 Å². The molecule has 1 aromatic heterocycles. The minimum Gasteiger partial charge on any atom is -0.415 e. The Bertz CT molecular complexity index is 898. The zero-order chi connectivity index (χ0) is 21.4. The van der Waals surface area contributed by atoms with Crippen molar-refractivity contribution < 1.29 is 13.6 Å². The molecule has 8 heteroatoms. The lowest BCUT2D eigenvalue weighted by Crippen LogP contribution is -2.61. The van der Waals surface area contributed by atoms with E-state index in [0.717, 1.165) is 42.6 Å². The molecule has 5 nitrogen and oxygen atoms in total. The minimum atomic E-state index is -0.246. The van der Waals surface area contributed by atoms with Gasteiger partial charge in [-0.25, -0.2) is 4.39 Å². The Kier molecular flexibility index (Phi) is 6.03. The van der Waals surface area contributed by atoms with E-state index >= 15 is 0 Å². The number of nitrogens with zero attached hydrogens (tertiary/aromatic N) is 3. The summed E-state index contributed by atoms with van der Waals surface area (Å²) in [6, 6.07) is 6.57. The second-order valence-corrected chi connectivity index (χ2v) is 11.2. The van der Waals surface area contributed by atoms with Gasteiger partial charge in [0.25, 0.3) is 5.22 Å². The predicted octanol–water partition coefficient (Wildman–Crippen LogP) is 5.16. The average molecular weight is 462 g/mol.